The second-order valence-electron chi connectivity index (χ2n) is 4.81. The van der Waals surface area contributed by atoms with Gasteiger partial charge < -0.3 is 10.1 Å². The maximum atomic E-state index is 12.8. The van der Waals surface area contributed by atoms with Crippen LogP contribution in [0, 0.1) is 15.9 Å². The lowest BCUT2D eigenvalue weighted by Crippen LogP contribution is -2.14. The molecule has 2 aromatic carbocycles. The van der Waals surface area contributed by atoms with Crippen molar-refractivity contribution >= 4 is 23.2 Å². The molecule has 2 aromatic rings. The Hall–Kier alpha value is -3.16. The van der Waals surface area contributed by atoms with E-state index in [4.69, 9.17) is 4.74 Å². The lowest BCUT2D eigenvalue weighted by atomic mass is 10.1. The lowest BCUT2D eigenvalue weighted by Gasteiger charge is -2.09. The molecule has 8 heteroatoms. The second-order valence-corrected chi connectivity index (χ2v) is 4.81. The van der Waals surface area contributed by atoms with Crippen molar-refractivity contribution in [2.75, 3.05) is 17.2 Å². The van der Waals surface area contributed by atoms with Gasteiger partial charge in [-0.15, -0.1) is 0 Å². The predicted octanol–water partition coefficient (Wildman–Crippen LogP) is 3.91. The Morgan fingerprint density at radius 1 is 1.25 bits per heavy atom. The highest BCUT2D eigenvalue weighted by Gasteiger charge is 2.17. The van der Waals surface area contributed by atoms with Crippen molar-refractivity contribution in [1.29, 1.82) is 0 Å². The molecule has 0 spiro atoms. The first-order chi connectivity index (χ1) is 11.5. The number of benzene rings is 2. The van der Waals surface area contributed by atoms with Crippen LogP contribution >= 0.6 is 0 Å². The number of carbonyl (C=O) groups is 1. The van der Waals surface area contributed by atoms with E-state index in [2.05, 4.69) is 10.6 Å². The largest absolute Gasteiger partial charge is 0.450 e. The molecule has 0 aliphatic carbocycles. The number of nitrogens with one attached hydrogen (secondary N) is 2. The Bertz CT molecular complexity index is 735. The smallest absolute Gasteiger partial charge is 0.411 e. The van der Waals surface area contributed by atoms with Crippen molar-refractivity contribution in [3.05, 3.63) is 64.0 Å². The zero-order chi connectivity index (χ0) is 17.5. The van der Waals surface area contributed by atoms with Gasteiger partial charge in [0.05, 0.1) is 11.5 Å². The van der Waals surface area contributed by atoms with E-state index in [1.807, 2.05) is 0 Å². The Balaban J connectivity index is 2.11. The van der Waals surface area contributed by atoms with Gasteiger partial charge in [-0.3, -0.25) is 15.4 Å². The van der Waals surface area contributed by atoms with E-state index >= 15 is 0 Å². The molecule has 0 unspecified atom stereocenters. The molecule has 2 N–H and O–H groups in total. The summed E-state index contributed by atoms with van der Waals surface area (Å²) >= 11 is 0. The Kier molecular flexibility index (Phi) is 5.67. The van der Waals surface area contributed by atoms with Gasteiger partial charge in [0.15, 0.2) is 0 Å². The molecule has 0 heterocycles. The molecule has 0 atom stereocenters. The molecule has 0 saturated heterocycles. The Morgan fingerprint density at radius 3 is 2.58 bits per heavy atom. The van der Waals surface area contributed by atoms with E-state index in [0.29, 0.717) is 17.8 Å². The summed E-state index contributed by atoms with van der Waals surface area (Å²) in [7, 11) is 0. The van der Waals surface area contributed by atoms with Crippen LogP contribution in [0.15, 0.2) is 42.5 Å². The minimum atomic E-state index is -0.752. The van der Waals surface area contributed by atoms with E-state index in [0.717, 1.165) is 0 Å². The third kappa shape index (κ3) is 4.67. The average molecular weight is 333 g/mol. The molecule has 0 aliphatic rings. The lowest BCUT2D eigenvalue weighted by molar-refractivity contribution is -0.384. The van der Waals surface area contributed by atoms with Crippen LogP contribution in [0.1, 0.15) is 12.5 Å². The highest BCUT2D eigenvalue weighted by atomic mass is 19.1. The van der Waals surface area contributed by atoms with E-state index in [1.54, 1.807) is 25.1 Å². The quantitative estimate of drug-likeness (QED) is 0.617. The van der Waals surface area contributed by atoms with E-state index in [-0.39, 0.29) is 23.8 Å². The number of amides is 1. The van der Waals surface area contributed by atoms with Gasteiger partial charge in [0, 0.05) is 18.3 Å². The SMILES string of the molecule is CCOC(=O)Nc1ccc(CNc2ccc(F)cc2)cc1[N+](=O)[O-]. The zero-order valence-electron chi connectivity index (χ0n) is 12.9. The van der Waals surface area contributed by atoms with Crippen LogP contribution in [0.25, 0.3) is 0 Å². The van der Waals surface area contributed by atoms with Gasteiger partial charge in [-0.05, 0) is 42.8 Å². The van der Waals surface area contributed by atoms with E-state index in [9.17, 15) is 19.3 Å². The van der Waals surface area contributed by atoms with Gasteiger partial charge in [0.25, 0.3) is 5.69 Å². The number of carbonyl (C=O) groups excluding carboxylic acids is 1. The maximum Gasteiger partial charge on any atom is 0.411 e. The van der Waals surface area contributed by atoms with Crippen LogP contribution in [0.2, 0.25) is 0 Å². The van der Waals surface area contributed by atoms with Crippen molar-refractivity contribution in [2.45, 2.75) is 13.5 Å². The number of nitro groups is 1. The summed E-state index contributed by atoms with van der Waals surface area (Å²) in [5.74, 6) is -0.342. The third-order valence-electron chi connectivity index (χ3n) is 3.11. The summed E-state index contributed by atoms with van der Waals surface area (Å²) in [5, 5.41) is 16.5. The summed E-state index contributed by atoms with van der Waals surface area (Å²) < 4.78 is 17.6. The molecule has 0 aromatic heterocycles. The van der Waals surface area contributed by atoms with Crippen LogP contribution in [0.3, 0.4) is 0 Å². The third-order valence-corrected chi connectivity index (χ3v) is 3.11. The number of rotatable bonds is 6. The highest BCUT2D eigenvalue weighted by molar-refractivity contribution is 5.87. The summed E-state index contributed by atoms with van der Waals surface area (Å²) in [6, 6.07) is 10.2. The van der Waals surface area contributed by atoms with Gasteiger partial charge in [-0.2, -0.15) is 0 Å². The molecular formula is C16H16FN3O4. The van der Waals surface area contributed by atoms with Crippen molar-refractivity contribution in [1.82, 2.24) is 0 Å². The minimum Gasteiger partial charge on any atom is -0.450 e. The average Bonchev–Trinajstić information content (AvgIpc) is 2.55. The van der Waals surface area contributed by atoms with Crippen LogP contribution in [0.4, 0.5) is 26.2 Å². The molecule has 0 fully saturated rings. The van der Waals surface area contributed by atoms with Gasteiger partial charge in [0.2, 0.25) is 0 Å². The molecule has 0 aliphatic heterocycles. The number of ether oxygens (including phenoxy) is 1. The standard InChI is InChI=1S/C16H16FN3O4/c1-2-24-16(21)19-14-8-3-11(9-15(14)20(22)23)10-18-13-6-4-12(17)5-7-13/h3-9,18H,2,10H2,1H3,(H,19,21). The van der Waals surface area contributed by atoms with Crippen molar-refractivity contribution in [3.63, 3.8) is 0 Å². The normalized spacial score (nSPS) is 10.1. The van der Waals surface area contributed by atoms with Crippen molar-refractivity contribution in [2.24, 2.45) is 0 Å². The topological polar surface area (TPSA) is 93.5 Å². The van der Waals surface area contributed by atoms with Gasteiger partial charge >= 0.3 is 6.09 Å². The summed E-state index contributed by atoms with van der Waals surface area (Å²) in [5.41, 5.74) is 1.15. The first-order valence-corrected chi connectivity index (χ1v) is 7.20. The molecule has 0 bridgehead atoms. The van der Waals surface area contributed by atoms with Gasteiger partial charge in [-0.1, -0.05) is 6.07 Å². The molecule has 2 rings (SSSR count). The van der Waals surface area contributed by atoms with Crippen LogP contribution in [-0.2, 0) is 11.3 Å². The molecular weight excluding hydrogens is 317 g/mol. The second kappa shape index (κ2) is 7.91. The van der Waals surface area contributed by atoms with Crippen molar-refractivity contribution in [3.8, 4) is 0 Å². The summed E-state index contributed by atoms with van der Waals surface area (Å²) in [6.45, 7) is 2.11. The van der Waals surface area contributed by atoms with E-state index < -0.39 is 11.0 Å². The maximum absolute atomic E-state index is 12.8. The highest BCUT2D eigenvalue weighted by Crippen LogP contribution is 2.26. The number of hydrogen-bond acceptors (Lipinski definition) is 5. The van der Waals surface area contributed by atoms with Crippen LogP contribution in [-0.4, -0.2) is 17.6 Å². The molecule has 7 nitrogen and oxygen atoms in total. The first-order valence-electron chi connectivity index (χ1n) is 7.20. The predicted molar refractivity (Wildman–Crippen MR) is 87.5 cm³/mol. The Labute approximate surface area is 137 Å². The fourth-order valence-corrected chi connectivity index (χ4v) is 1.99. The minimum absolute atomic E-state index is 0.0592. The summed E-state index contributed by atoms with van der Waals surface area (Å²) in [6.07, 6.45) is -0.752. The number of anilines is 2. The summed E-state index contributed by atoms with van der Waals surface area (Å²) in [4.78, 5) is 22.0. The first kappa shape index (κ1) is 17.2. The van der Waals surface area contributed by atoms with Crippen LogP contribution in [0.5, 0.6) is 0 Å². The molecule has 24 heavy (non-hydrogen) atoms. The van der Waals surface area contributed by atoms with Gasteiger partial charge in [-0.25, -0.2) is 9.18 Å². The van der Waals surface area contributed by atoms with Crippen molar-refractivity contribution < 1.29 is 18.8 Å². The number of nitrogens with zero attached hydrogens (tertiary/aromatic N) is 1. The fourth-order valence-electron chi connectivity index (χ4n) is 1.99. The van der Waals surface area contributed by atoms with Gasteiger partial charge in [0.1, 0.15) is 11.5 Å². The van der Waals surface area contributed by atoms with E-state index in [1.165, 1.54) is 24.3 Å². The molecule has 0 radical (unpaired) electrons. The molecule has 0 saturated carbocycles. The Morgan fingerprint density at radius 2 is 1.96 bits per heavy atom. The number of hydrogen-bond donors (Lipinski definition) is 2. The molecule has 126 valence electrons. The fraction of sp³-hybridized carbons (Fsp3) is 0.188. The van der Waals surface area contributed by atoms with Crippen LogP contribution < -0.4 is 10.6 Å². The monoisotopic (exact) mass is 333 g/mol. The molecule has 1 amide bonds. The number of halogens is 1. The number of nitro benzene ring substituents is 1. The zero-order valence-corrected chi connectivity index (χ0v) is 12.9.